The Morgan fingerprint density at radius 2 is 1.25 bits per heavy atom. The van der Waals surface area contributed by atoms with Crippen molar-refractivity contribution < 1.29 is 24.2 Å². The van der Waals surface area contributed by atoms with E-state index in [-0.39, 0.29) is 25.6 Å². The van der Waals surface area contributed by atoms with Gasteiger partial charge >= 0.3 is 19.5 Å². The molecule has 53 heavy (non-hydrogen) atoms. The summed E-state index contributed by atoms with van der Waals surface area (Å²) in [5.41, 5.74) is 11.8. The van der Waals surface area contributed by atoms with Gasteiger partial charge in [0, 0.05) is 38.6 Å². The summed E-state index contributed by atoms with van der Waals surface area (Å²) in [4.78, 5) is 2.50. The summed E-state index contributed by atoms with van der Waals surface area (Å²) < 4.78 is 11.0. The Hall–Kier alpha value is -5.64. The van der Waals surface area contributed by atoms with E-state index in [9.17, 15) is 0 Å². The van der Waals surface area contributed by atoms with Crippen LogP contribution in [0.1, 0.15) is 29.8 Å². The molecule has 1 atom stereocenters. The Morgan fingerprint density at radius 1 is 0.566 bits per heavy atom. The third-order valence-corrected chi connectivity index (χ3v) is 11.2. The fourth-order valence-electron chi connectivity index (χ4n) is 8.94. The summed E-state index contributed by atoms with van der Waals surface area (Å²) >= 11 is 0. The zero-order valence-corrected chi connectivity index (χ0v) is 32.1. The van der Waals surface area contributed by atoms with Crippen LogP contribution in [0.25, 0.3) is 70.8 Å². The number of nitrogens with zero attached hydrogens (tertiary/aromatic N) is 3. The number of ether oxygens (including phenoxy) is 1. The molecule has 0 fully saturated rings. The molecule has 5 heteroatoms. The average molecular weight is 774 g/mol. The third kappa shape index (κ3) is 4.77. The molecule has 1 aliphatic rings. The van der Waals surface area contributed by atoms with Crippen LogP contribution in [-0.2, 0) is 19.5 Å². The number of benzene rings is 7. The van der Waals surface area contributed by atoms with Crippen molar-refractivity contribution in [2.75, 3.05) is 12.0 Å². The Bertz CT molecular complexity index is 3020. The van der Waals surface area contributed by atoms with Crippen LogP contribution in [0.15, 0.2) is 133 Å². The van der Waals surface area contributed by atoms with Gasteiger partial charge in [0.05, 0.1) is 29.3 Å². The molecule has 0 bridgehead atoms. The number of fused-ring (bicyclic) bond motifs is 11. The minimum absolute atomic E-state index is 0. The van der Waals surface area contributed by atoms with Gasteiger partial charge in [0.1, 0.15) is 11.9 Å². The molecule has 7 aromatic carbocycles. The van der Waals surface area contributed by atoms with Gasteiger partial charge in [-0.1, -0.05) is 89.1 Å². The van der Waals surface area contributed by atoms with E-state index in [0.29, 0.717) is 0 Å². The van der Waals surface area contributed by atoms with Gasteiger partial charge in [-0.25, -0.2) is 0 Å². The van der Waals surface area contributed by atoms with E-state index in [4.69, 9.17) is 4.74 Å². The smallest absolute Gasteiger partial charge is 0.496 e. The Morgan fingerprint density at radius 3 is 2.06 bits per heavy atom. The van der Waals surface area contributed by atoms with E-state index in [1.54, 1.807) is 7.11 Å². The van der Waals surface area contributed by atoms with Crippen LogP contribution in [-0.4, -0.2) is 16.2 Å². The van der Waals surface area contributed by atoms with Crippen molar-refractivity contribution in [2.24, 2.45) is 0 Å². The zero-order chi connectivity index (χ0) is 35.2. The number of anilines is 2. The molecule has 3 heterocycles. The summed E-state index contributed by atoms with van der Waals surface area (Å²) in [6, 6.07) is 52.7. The van der Waals surface area contributed by atoms with Gasteiger partial charge < -0.3 is 18.8 Å². The quantitative estimate of drug-likeness (QED) is 0.132. The van der Waals surface area contributed by atoms with Crippen LogP contribution < -0.4 is 9.64 Å². The normalized spacial score (nSPS) is 13.8. The van der Waals surface area contributed by atoms with Crippen LogP contribution in [0.5, 0.6) is 5.75 Å². The Labute approximate surface area is 321 Å². The van der Waals surface area contributed by atoms with Gasteiger partial charge in [-0.2, -0.15) is 0 Å². The second-order valence-electron chi connectivity index (χ2n) is 14.2. The predicted octanol–water partition coefficient (Wildman–Crippen LogP) is 12.7. The van der Waals surface area contributed by atoms with E-state index < -0.39 is 0 Å². The second-order valence-corrected chi connectivity index (χ2v) is 14.2. The van der Waals surface area contributed by atoms with Gasteiger partial charge in [0.2, 0.25) is 0 Å². The summed E-state index contributed by atoms with van der Waals surface area (Å²) in [5.74, 6) is 0.883. The summed E-state index contributed by atoms with van der Waals surface area (Å²) in [6.45, 7) is 8.88. The van der Waals surface area contributed by atoms with Crippen LogP contribution in [0.4, 0.5) is 11.4 Å². The maximum atomic E-state index is 5.88. The van der Waals surface area contributed by atoms with E-state index >= 15 is 0 Å². The Kier molecular flexibility index (Phi) is 7.83. The maximum Gasteiger partial charge on any atom is 1.00 e. The largest absolute Gasteiger partial charge is 1.00 e. The topological polar surface area (TPSA) is 22.3 Å². The predicted molar refractivity (Wildman–Crippen MR) is 219 cm³/mol. The maximum absolute atomic E-state index is 5.88. The molecular formula is C48H38N3ORu. The number of rotatable bonds is 3. The van der Waals surface area contributed by atoms with Gasteiger partial charge in [0.25, 0.3) is 0 Å². The molecule has 0 N–H and O–H groups in total. The first-order valence-electron chi connectivity index (χ1n) is 18.1. The van der Waals surface area contributed by atoms with Crippen LogP contribution in [0.3, 0.4) is 0 Å². The number of hydrogen-bond acceptors (Lipinski definition) is 2. The summed E-state index contributed by atoms with van der Waals surface area (Å²) in [7, 11) is 1.76. The molecule has 0 saturated heterocycles. The van der Waals surface area contributed by atoms with Gasteiger partial charge in [0.15, 0.2) is 0 Å². The van der Waals surface area contributed by atoms with Gasteiger partial charge in [-0.3, -0.25) is 0 Å². The standard InChI is InChI=1S/C48H38N3O.Ru/c1-29-13-10-14-33(27-29)51-43-26-23-30(2)28-41(43)40-25-24-39-37-18-9-7-16-35(37)34-15-6-8-17-36(34)38-19-11-21-44-46(38)50(47(39)48(40)51)32(4)49(44)42-20-12-22-45(52-5)31(42)3;/h6-17,19-28,32H,1-5H3;/q-1;+1/t32-;/m1./s1. The van der Waals surface area contributed by atoms with Crippen LogP contribution in [0.2, 0.25) is 0 Å². The summed E-state index contributed by atoms with van der Waals surface area (Å²) in [5, 5.41) is 9.54. The van der Waals surface area contributed by atoms with Gasteiger partial charge in [-0.15, -0.1) is 35.0 Å². The fraction of sp³-hybridized carbons (Fsp3) is 0.125. The summed E-state index contributed by atoms with van der Waals surface area (Å²) in [6.07, 6.45) is -0.0885. The first-order valence-corrected chi connectivity index (χ1v) is 18.1. The third-order valence-electron chi connectivity index (χ3n) is 11.2. The molecule has 0 unspecified atom stereocenters. The molecule has 0 spiro atoms. The zero-order valence-electron chi connectivity index (χ0n) is 30.4. The van der Waals surface area contributed by atoms with Crippen molar-refractivity contribution in [3.63, 3.8) is 0 Å². The second kappa shape index (κ2) is 12.5. The molecule has 10 rings (SSSR count). The SMILES string of the molecule is COc1cccc(N2c3cccc4c5ccccc5c5ccc[c-]c5c5ccc6c7cc(C)ccc7n(-c7cccc(C)c7)c6c5n(c34)[C@@H]2C)c1C.[Ru+]. The van der Waals surface area contributed by atoms with Crippen molar-refractivity contribution in [3.8, 4) is 11.4 Å². The Balaban J connectivity index is 0.00000372. The van der Waals surface area contributed by atoms with Crippen molar-refractivity contribution >= 4 is 76.5 Å². The van der Waals surface area contributed by atoms with Gasteiger partial charge in [-0.05, 0) is 81.1 Å². The molecule has 9 aromatic rings. The molecular weight excluding hydrogens is 736 g/mol. The minimum atomic E-state index is -0.0885. The molecule has 1 radical (unpaired) electrons. The molecule has 1 aliphatic heterocycles. The number of aromatic nitrogens is 2. The molecule has 4 nitrogen and oxygen atoms in total. The van der Waals surface area contributed by atoms with E-state index in [0.717, 1.165) is 33.5 Å². The van der Waals surface area contributed by atoms with E-state index in [1.165, 1.54) is 71.2 Å². The van der Waals surface area contributed by atoms with E-state index in [1.807, 2.05) is 0 Å². The van der Waals surface area contributed by atoms with Crippen molar-refractivity contribution in [2.45, 2.75) is 33.9 Å². The average Bonchev–Trinajstić information content (AvgIpc) is 3.66. The number of hydrogen-bond donors (Lipinski definition) is 0. The number of methoxy groups -OCH3 is 1. The first-order chi connectivity index (χ1) is 25.4. The van der Waals surface area contributed by atoms with Crippen LogP contribution in [0, 0.1) is 26.8 Å². The number of aryl methyl sites for hydroxylation is 2. The van der Waals surface area contributed by atoms with Crippen LogP contribution >= 0.6 is 0 Å². The molecule has 259 valence electrons. The molecule has 0 amide bonds. The van der Waals surface area contributed by atoms with Crippen molar-refractivity contribution in [1.29, 1.82) is 0 Å². The molecule has 0 saturated carbocycles. The molecule has 2 aromatic heterocycles. The number of para-hydroxylation sites is 1. The van der Waals surface area contributed by atoms with Crippen molar-refractivity contribution in [3.05, 3.63) is 156 Å². The first kappa shape index (κ1) is 33.2. The van der Waals surface area contributed by atoms with E-state index in [2.05, 4.69) is 181 Å². The minimum Gasteiger partial charge on any atom is -0.496 e. The molecule has 0 aliphatic carbocycles. The monoisotopic (exact) mass is 774 g/mol. The fourth-order valence-corrected chi connectivity index (χ4v) is 8.94. The van der Waals surface area contributed by atoms with Crippen molar-refractivity contribution in [1.82, 2.24) is 9.13 Å².